The second-order valence-electron chi connectivity index (χ2n) is 16.9. The number of anilines is 3. The maximum atomic E-state index is 6.20. The van der Waals surface area contributed by atoms with E-state index in [0.717, 1.165) is 39.0 Å². The predicted octanol–water partition coefficient (Wildman–Crippen LogP) is 16.7. The molecule has 1 aliphatic rings. The van der Waals surface area contributed by atoms with Gasteiger partial charge >= 0.3 is 0 Å². The molecule has 0 fully saturated rings. The maximum Gasteiger partial charge on any atom is 0.135 e. The number of fused-ring (bicyclic) bond motifs is 9. The molecule has 1 aromatic heterocycles. The van der Waals surface area contributed by atoms with E-state index in [-0.39, 0.29) is 5.41 Å². The fourth-order valence-corrected chi connectivity index (χ4v) is 10.0. The van der Waals surface area contributed by atoms with Crippen molar-refractivity contribution < 1.29 is 4.42 Å². The lowest BCUT2D eigenvalue weighted by Crippen LogP contribution is -2.15. The van der Waals surface area contributed by atoms with Crippen LogP contribution < -0.4 is 4.90 Å². The fourth-order valence-electron chi connectivity index (χ4n) is 10.0. The van der Waals surface area contributed by atoms with Crippen molar-refractivity contribution >= 4 is 60.5 Å². The molecule has 11 aromatic rings. The number of benzene rings is 10. The van der Waals surface area contributed by atoms with Crippen molar-refractivity contribution in [2.24, 2.45) is 0 Å². The smallest absolute Gasteiger partial charge is 0.135 e. The van der Waals surface area contributed by atoms with Gasteiger partial charge in [-0.2, -0.15) is 0 Å². The number of rotatable bonds is 6. The minimum Gasteiger partial charge on any atom is -0.456 e. The molecule has 1 aliphatic carbocycles. The third kappa shape index (κ3) is 5.64. The van der Waals surface area contributed by atoms with E-state index in [2.05, 4.69) is 219 Å². The van der Waals surface area contributed by atoms with Gasteiger partial charge in [-0.3, -0.25) is 0 Å². The van der Waals surface area contributed by atoms with E-state index < -0.39 is 0 Å². The van der Waals surface area contributed by atoms with Crippen LogP contribution in [0.2, 0.25) is 0 Å². The van der Waals surface area contributed by atoms with Crippen LogP contribution in [0.3, 0.4) is 0 Å². The normalized spacial score (nSPS) is 12.9. The summed E-state index contributed by atoms with van der Waals surface area (Å²) in [5, 5.41) is 7.23. The molecule has 1 heterocycles. The van der Waals surface area contributed by atoms with Crippen molar-refractivity contribution in [1.82, 2.24) is 0 Å². The molecule has 0 saturated carbocycles. The van der Waals surface area contributed by atoms with E-state index in [1.807, 2.05) is 12.1 Å². The predicted molar refractivity (Wildman–Crippen MR) is 257 cm³/mol. The molecule has 12 rings (SSSR count). The van der Waals surface area contributed by atoms with Crippen molar-refractivity contribution in [3.63, 3.8) is 0 Å². The van der Waals surface area contributed by atoms with E-state index >= 15 is 0 Å². The molecule has 2 heteroatoms. The van der Waals surface area contributed by atoms with Gasteiger partial charge in [-0.15, -0.1) is 0 Å². The van der Waals surface area contributed by atoms with Gasteiger partial charge in [-0.1, -0.05) is 172 Å². The summed E-state index contributed by atoms with van der Waals surface area (Å²) in [6.45, 7) is 4.73. The molecule has 0 saturated heterocycles. The second kappa shape index (κ2) is 13.7. The van der Waals surface area contributed by atoms with Crippen LogP contribution in [0.25, 0.3) is 88.0 Å². The lowest BCUT2D eigenvalue weighted by molar-refractivity contribution is 0.660. The van der Waals surface area contributed by atoms with Crippen molar-refractivity contribution in [3.8, 4) is 44.5 Å². The van der Waals surface area contributed by atoms with Gasteiger partial charge in [0.15, 0.2) is 0 Å². The molecule has 0 atom stereocenters. The first-order chi connectivity index (χ1) is 30.0. The highest BCUT2D eigenvalue weighted by Gasteiger charge is 2.36. The second-order valence-corrected chi connectivity index (χ2v) is 16.9. The minimum absolute atomic E-state index is 0.159. The Kier molecular flexibility index (Phi) is 7.92. The molecule has 0 bridgehead atoms. The highest BCUT2D eigenvalue weighted by molar-refractivity contribution is 6.13. The van der Waals surface area contributed by atoms with Crippen molar-refractivity contribution in [3.05, 3.63) is 223 Å². The highest BCUT2D eigenvalue weighted by Crippen LogP contribution is 2.52. The molecule has 2 nitrogen and oxygen atoms in total. The lowest BCUT2D eigenvalue weighted by Gasteiger charge is -2.29. The topological polar surface area (TPSA) is 16.4 Å². The molecule has 0 amide bonds. The first-order valence-electron chi connectivity index (χ1n) is 21.2. The summed E-state index contributed by atoms with van der Waals surface area (Å²) in [5.74, 6) is 0. The van der Waals surface area contributed by atoms with E-state index in [1.54, 1.807) is 0 Å². The summed E-state index contributed by atoms with van der Waals surface area (Å²) >= 11 is 0. The Morgan fingerprint density at radius 3 is 1.74 bits per heavy atom. The summed E-state index contributed by atoms with van der Waals surface area (Å²) < 4.78 is 6.20. The van der Waals surface area contributed by atoms with Gasteiger partial charge < -0.3 is 9.32 Å². The highest BCUT2D eigenvalue weighted by atomic mass is 16.3. The molecule has 0 radical (unpaired) electrons. The molecule has 61 heavy (non-hydrogen) atoms. The number of hydrogen-bond acceptors (Lipinski definition) is 2. The first-order valence-corrected chi connectivity index (χ1v) is 21.2. The molecular weight excluding hydrogens is 739 g/mol. The molecule has 0 unspecified atom stereocenters. The Hall–Kier alpha value is -7.68. The van der Waals surface area contributed by atoms with Gasteiger partial charge in [0, 0.05) is 32.9 Å². The maximum absolute atomic E-state index is 6.20. The van der Waals surface area contributed by atoms with Crippen LogP contribution in [0.5, 0.6) is 0 Å². The molecule has 288 valence electrons. The molecule has 0 spiro atoms. The number of hydrogen-bond donors (Lipinski definition) is 0. The van der Waals surface area contributed by atoms with Gasteiger partial charge in [-0.05, 0) is 126 Å². The Morgan fingerprint density at radius 2 is 0.934 bits per heavy atom. The van der Waals surface area contributed by atoms with Gasteiger partial charge in [-0.25, -0.2) is 0 Å². The third-order valence-corrected chi connectivity index (χ3v) is 13.1. The monoisotopic (exact) mass is 779 g/mol. The van der Waals surface area contributed by atoms with E-state index in [9.17, 15) is 0 Å². The summed E-state index contributed by atoms with van der Waals surface area (Å²) in [6.07, 6.45) is 0. The van der Waals surface area contributed by atoms with Crippen LogP contribution in [-0.2, 0) is 5.41 Å². The van der Waals surface area contributed by atoms with Crippen LogP contribution in [-0.4, -0.2) is 0 Å². The average molecular weight is 780 g/mol. The summed E-state index contributed by atoms with van der Waals surface area (Å²) in [6, 6.07) is 77.7. The van der Waals surface area contributed by atoms with Crippen molar-refractivity contribution in [2.45, 2.75) is 19.3 Å². The quantitative estimate of drug-likeness (QED) is 0.156. The van der Waals surface area contributed by atoms with Crippen LogP contribution >= 0.6 is 0 Å². The standard InChI is InChI=1S/C59H41NO/c1-59(2)54-31-25-41(42-26-33-58-53(35-42)49-20-11-12-23-57(49)61-58)34-51(54)52-37-44(28-32-55(52)59)60(56-22-13-21-47-45-19-10-9-18-40(45)24-29-48(47)56)43-27-30-46(38-14-5-3-6-15-38)50(36-43)39-16-7-4-8-17-39/h3-37H,1-2H3. The Labute approximate surface area is 355 Å². The van der Waals surface area contributed by atoms with E-state index in [1.165, 1.54) is 77.2 Å². The summed E-state index contributed by atoms with van der Waals surface area (Å²) in [4.78, 5) is 2.48. The number of nitrogens with zero attached hydrogens (tertiary/aromatic N) is 1. The van der Waals surface area contributed by atoms with Crippen LogP contribution in [0.4, 0.5) is 17.1 Å². The first kappa shape index (κ1) is 35.3. The fraction of sp³-hybridized carbons (Fsp3) is 0.0508. The number of para-hydroxylation sites is 1. The molecule has 0 aliphatic heterocycles. The Balaban J connectivity index is 1.07. The minimum atomic E-state index is -0.159. The lowest BCUT2D eigenvalue weighted by atomic mass is 9.82. The van der Waals surface area contributed by atoms with E-state index in [4.69, 9.17) is 4.42 Å². The van der Waals surface area contributed by atoms with E-state index in [0.29, 0.717) is 0 Å². The third-order valence-electron chi connectivity index (χ3n) is 13.1. The van der Waals surface area contributed by atoms with Crippen molar-refractivity contribution in [1.29, 1.82) is 0 Å². The zero-order chi connectivity index (χ0) is 40.7. The SMILES string of the molecule is CC1(C)c2ccc(-c3ccc4oc5ccccc5c4c3)cc2-c2cc(N(c3ccc(-c4ccccc4)c(-c4ccccc4)c3)c3cccc4c3ccc3ccccc34)ccc21. The zero-order valence-electron chi connectivity index (χ0n) is 34.1. The summed E-state index contributed by atoms with van der Waals surface area (Å²) in [5.41, 5.74) is 17.4. The van der Waals surface area contributed by atoms with Crippen LogP contribution in [0, 0.1) is 0 Å². The molecule has 0 N–H and O–H groups in total. The summed E-state index contributed by atoms with van der Waals surface area (Å²) in [7, 11) is 0. The number of furan rings is 1. The molecule has 10 aromatic carbocycles. The van der Waals surface area contributed by atoms with Crippen molar-refractivity contribution in [2.75, 3.05) is 4.90 Å². The average Bonchev–Trinajstić information content (AvgIpc) is 3.80. The Bertz CT molecular complexity index is 3500. The van der Waals surface area contributed by atoms with Gasteiger partial charge in [0.2, 0.25) is 0 Å². The zero-order valence-corrected chi connectivity index (χ0v) is 34.1. The largest absolute Gasteiger partial charge is 0.456 e. The van der Waals surface area contributed by atoms with Crippen LogP contribution in [0.1, 0.15) is 25.0 Å². The molecular formula is C59H41NO. The Morgan fingerprint density at radius 1 is 0.344 bits per heavy atom. The van der Waals surface area contributed by atoms with Gasteiger partial charge in [0.05, 0.1) is 5.69 Å². The van der Waals surface area contributed by atoms with Gasteiger partial charge in [0.25, 0.3) is 0 Å². The van der Waals surface area contributed by atoms with Gasteiger partial charge in [0.1, 0.15) is 11.2 Å². The van der Waals surface area contributed by atoms with Crippen LogP contribution in [0.15, 0.2) is 217 Å².